The SMILES string of the molecule is C[C@@H](O)CC1COCCN1C(=O)OC(C)(C)C. The third-order valence-electron chi connectivity index (χ3n) is 2.47. The molecule has 0 spiro atoms. The van der Waals surface area contributed by atoms with Crippen molar-refractivity contribution in [3.05, 3.63) is 0 Å². The van der Waals surface area contributed by atoms with Crippen molar-refractivity contribution in [2.45, 2.75) is 51.9 Å². The zero-order chi connectivity index (χ0) is 13.1. The molecule has 0 aliphatic carbocycles. The Balaban J connectivity index is 2.61. The van der Waals surface area contributed by atoms with Gasteiger partial charge in [-0.2, -0.15) is 0 Å². The fourth-order valence-electron chi connectivity index (χ4n) is 1.80. The van der Waals surface area contributed by atoms with Crippen molar-refractivity contribution < 1.29 is 19.4 Å². The summed E-state index contributed by atoms with van der Waals surface area (Å²) in [5, 5.41) is 9.40. The lowest BCUT2D eigenvalue weighted by molar-refractivity contribution is -0.0415. The van der Waals surface area contributed by atoms with Crippen molar-refractivity contribution in [3.8, 4) is 0 Å². The quantitative estimate of drug-likeness (QED) is 0.798. The summed E-state index contributed by atoms with van der Waals surface area (Å²) in [5.41, 5.74) is -0.495. The second kappa shape index (κ2) is 5.69. The first kappa shape index (κ1) is 14.3. The molecule has 5 nitrogen and oxygen atoms in total. The number of hydrogen-bond donors (Lipinski definition) is 1. The van der Waals surface area contributed by atoms with Gasteiger partial charge in [0.2, 0.25) is 0 Å². The molecule has 100 valence electrons. The predicted octanol–water partition coefficient (Wildman–Crippen LogP) is 1.39. The molecule has 1 fully saturated rings. The van der Waals surface area contributed by atoms with Crippen molar-refractivity contribution in [1.29, 1.82) is 0 Å². The van der Waals surface area contributed by atoms with E-state index in [2.05, 4.69) is 0 Å². The minimum Gasteiger partial charge on any atom is -0.444 e. The zero-order valence-corrected chi connectivity index (χ0v) is 11.1. The van der Waals surface area contributed by atoms with Gasteiger partial charge in [0, 0.05) is 6.54 Å². The largest absolute Gasteiger partial charge is 0.444 e. The smallest absolute Gasteiger partial charge is 0.410 e. The molecule has 0 saturated carbocycles. The van der Waals surface area contributed by atoms with Crippen LogP contribution in [0.5, 0.6) is 0 Å². The lowest BCUT2D eigenvalue weighted by Crippen LogP contribution is -2.51. The van der Waals surface area contributed by atoms with Gasteiger partial charge in [-0.15, -0.1) is 0 Å². The molecule has 1 amide bonds. The molecule has 1 saturated heterocycles. The Hall–Kier alpha value is -0.810. The number of carbonyl (C=O) groups is 1. The molecule has 0 aromatic rings. The average Bonchev–Trinajstić information content (AvgIpc) is 2.14. The van der Waals surface area contributed by atoms with Crippen LogP contribution in [0.1, 0.15) is 34.1 Å². The number of carbonyl (C=O) groups excluding carboxylic acids is 1. The van der Waals surface area contributed by atoms with Crippen LogP contribution in [0.4, 0.5) is 4.79 Å². The molecule has 0 aromatic heterocycles. The molecule has 1 rings (SSSR count). The number of ether oxygens (including phenoxy) is 2. The number of nitrogens with zero attached hydrogens (tertiary/aromatic N) is 1. The summed E-state index contributed by atoms with van der Waals surface area (Å²) in [6.45, 7) is 8.74. The van der Waals surface area contributed by atoms with E-state index in [4.69, 9.17) is 9.47 Å². The highest BCUT2D eigenvalue weighted by atomic mass is 16.6. The van der Waals surface area contributed by atoms with Gasteiger partial charge in [0.25, 0.3) is 0 Å². The molecule has 1 unspecified atom stereocenters. The van der Waals surface area contributed by atoms with E-state index in [0.29, 0.717) is 26.2 Å². The van der Waals surface area contributed by atoms with Gasteiger partial charge >= 0.3 is 6.09 Å². The van der Waals surface area contributed by atoms with Crippen LogP contribution in [0.15, 0.2) is 0 Å². The van der Waals surface area contributed by atoms with E-state index in [-0.39, 0.29) is 12.1 Å². The Labute approximate surface area is 103 Å². The number of aliphatic hydroxyl groups is 1. The first-order valence-corrected chi connectivity index (χ1v) is 6.05. The fourth-order valence-corrected chi connectivity index (χ4v) is 1.80. The van der Waals surface area contributed by atoms with E-state index in [1.165, 1.54) is 0 Å². The van der Waals surface area contributed by atoms with E-state index >= 15 is 0 Å². The number of amides is 1. The zero-order valence-electron chi connectivity index (χ0n) is 11.1. The fraction of sp³-hybridized carbons (Fsp3) is 0.917. The third kappa shape index (κ3) is 4.91. The summed E-state index contributed by atoms with van der Waals surface area (Å²) in [5.74, 6) is 0. The van der Waals surface area contributed by atoms with E-state index in [0.717, 1.165) is 0 Å². The molecule has 1 N–H and O–H groups in total. The highest BCUT2D eigenvalue weighted by Crippen LogP contribution is 2.17. The van der Waals surface area contributed by atoms with Crippen LogP contribution in [0.2, 0.25) is 0 Å². The van der Waals surface area contributed by atoms with Crippen LogP contribution < -0.4 is 0 Å². The molecule has 0 bridgehead atoms. The van der Waals surface area contributed by atoms with Gasteiger partial charge in [0.1, 0.15) is 5.60 Å². The van der Waals surface area contributed by atoms with Gasteiger partial charge in [-0.3, -0.25) is 0 Å². The second-order valence-corrected chi connectivity index (χ2v) is 5.49. The summed E-state index contributed by atoms with van der Waals surface area (Å²) < 4.78 is 10.7. The van der Waals surface area contributed by atoms with Gasteiger partial charge in [-0.05, 0) is 34.1 Å². The van der Waals surface area contributed by atoms with Gasteiger partial charge in [-0.1, -0.05) is 0 Å². The molecule has 0 aromatic carbocycles. The van der Waals surface area contributed by atoms with Gasteiger partial charge < -0.3 is 19.5 Å². The minimum absolute atomic E-state index is 0.0985. The predicted molar refractivity (Wildman–Crippen MR) is 63.8 cm³/mol. The molecule has 5 heteroatoms. The van der Waals surface area contributed by atoms with Crippen LogP contribution in [0.25, 0.3) is 0 Å². The molecule has 1 aliphatic rings. The van der Waals surface area contributed by atoms with E-state index in [1.54, 1.807) is 11.8 Å². The van der Waals surface area contributed by atoms with Crippen LogP contribution >= 0.6 is 0 Å². The van der Waals surface area contributed by atoms with Crippen LogP contribution in [-0.4, -0.2) is 53.6 Å². The van der Waals surface area contributed by atoms with Crippen LogP contribution in [0, 0.1) is 0 Å². The lowest BCUT2D eigenvalue weighted by Gasteiger charge is -2.37. The molecular formula is C12H23NO4. The summed E-state index contributed by atoms with van der Waals surface area (Å²) in [6.07, 6.45) is -0.266. The van der Waals surface area contributed by atoms with Gasteiger partial charge in [0.05, 0.1) is 25.4 Å². The standard InChI is InChI=1S/C12H23NO4/c1-9(14)7-10-8-16-6-5-13(10)11(15)17-12(2,3)4/h9-10,14H,5-8H2,1-4H3/t9-,10?/m1/s1. The third-order valence-corrected chi connectivity index (χ3v) is 2.47. The Morgan fingerprint density at radius 1 is 1.59 bits per heavy atom. The lowest BCUT2D eigenvalue weighted by atomic mass is 10.1. The summed E-state index contributed by atoms with van der Waals surface area (Å²) in [7, 11) is 0. The highest BCUT2D eigenvalue weighted by molar-refractivity contribution is 5.68. The van der Waals surface area contributed by atoms with E-state index < -0.39 is 11.7 Å². The summed E-state index contributed by atoms with van der Waals surface area (Å²) in [6, 6.07) is -0.0985. The molecule has 1 aliphatic heterocycles. The second-order valence-electron chi connectivity index (χ2n) is 5.49. The van der Waals surface area contributed by atoms with Gasteiger partial charge in [0.15, 0.2) is 0 Å². The average molecular weight is 245 g/mol. The monoisotopic (exact) mass is 245 g/mol. The minimum atomic E-state index is -0.495. The first-order chi connectivity index (χ1) is 7.79. The maximum Gasteiger partial charge on any atom is 0.410 e. The summed E-state index contributed by atoms with van der Waals surface area (Å²) in [4.78, 5) is 13.6. The summed E-state index contributed by atoms with van der Waals surface area (Å²) >= 11 is 0. The Morgan fingerprint density at radius 3 is 2.76 bits per heavy atom. The molecule has 1 heterocycles. The van der Waals surface area contributed by atoms with Crippen molar-refractivity contribution in [1.82, 2.24) is 4.90 Å². The number of rotatable bonds is 2. The maximum absolute atomic E-state index is 12.0. The molecule has 17 heavy (non-hydrogen) atoms. The van der Waals surface area contributed by atoms with Crippen molar-refractivity contribution in [2.75, 3.05) is 19.8 Å². The Kier molecular flexibility index (Phi) is 4.77. The molecular weight excluding hydrogens is 222 g/mol. The highest BCUT2D eigenvalue weighted by Gasteiger charge is 2.31. The van der Waals surface area contributed by atoms with Crippen LogP contribution in [-0.2, 0) is 9.47 Å². The molecule has 0 radical (unpaired) electrons. The Bertz CT molecular complexity index is 260. The van der Waals surface area contributed by atoms with E-state index in [1.807, 2.05) is 20.8 Å². The van der Waals surface area contributed by atoms with Crippen molar-refractivity contribution in [2.24, 2.45) is 0 Å². The van der Waals surface area contributed by atoms with Gasteiger partial charge in [-0.25, -0.2) is 4.79 Å². The van der Waals surface area contributed by atoms with Crippen molar-refractivity contribution >= 4 is 6.09 Å². The number of hydrogen-bond acceptors (Lipinski definition) is 4. The van der Waals surface area contributed by atoms with Crippen LogP contribution in [0.3, 0.4) is 0 Å². The Morgan fingerprint density at radius 2 is 2.24 bits per heavy atom. The maximum atomic E-state index is 12.0. The normalized spacial score (nSPS) is 23.4. The topological polar surface area (TPSA) is 59.0 Å². The number of morpholine rings is 1. The first-order valence-electron chi connectivity index (χ1n) is 6.05. The molecule has 2 atom stereocenters. The van der Waals surface area contributed by atoms with Crippen molar-refractivity contribution in [3.63, 3.8) is 0 Å². The number of aliphatic hydroxyl groups excluding tert-OH is 1. The van der Waals surface area contributed by atoms with E-state index in [9.17, 15) is 9.90 Å².